The molecule has 1 saturated heterocycles. The average Bonchev–Trinajstić information content (AvgIpc) is 3.43. The van der Waals surface area contributed by atoms with Crippen LogP contribution in [0.5, 0.6) is 5.75 Å². The molecule has 0 amide bonds. The van der Waals surface area contributed by atoms with E-state index in [-0.39, 0.29) is 5.69 Å². The van der Waals surface area contributed by atoms with Gasteiger partial charge in [-0.2, -0.15) is 13.2 Å². The molecule has 1 fully saturated rings. The van der Waals surface area contributed by atoms with Crippen LogP contribution in [0.2, 0.25) is 5.02 Å². The van der Waals surface area contributed by atoms with Crippen molar-refractivity contribution in [3.8, 4) is 5.75 Å². The van der Waals surface area contributed by atoms with Crippen molar-refractivity contribution in [3.05, 3.63) is 57.9 Å². The monoisotopic (exact) mass is 537 g/mol. The minimum Gasteiger partial charge on any atom is -0.493 e. The molecule has 5 rings (SSSR count). The first kappa shape index (κ1) is 26.3. The molecule has 6 nitrogen and oxygen atoms in total. The Labute approximate surface area is 218 Å². The molecule has 0 saturated carbocycles. The van der Waals surface area contributed by atoms with Gasteiger partial charge in [0.25, 0.3) is 0 Å². The lowest BCUT2D eigenvalue weighted by atomic mass is 9.73. The number of aliphatic hydroxyl groups is 1. The Kier molecular flexibility index (Phi) is 6.94. The molecule has 37 heavy (non-hydrogen) atoms. The molecular formula is C27H31ClF3N3O3. The van der Waals surface area contributed by atoms with E-state index in [1.54, 1.807) is 32.0 Å². The number of fused-ring (bicyclic) bond motifs is 2. The van der Waals surface area contributed by atoms with Crippen molar-refractivity contribution in [1.82, 2.24) is 14.9 Å². The zero-order valence-electron chi connectivity index (χ0n) is 20.9. The van der Waals surface area contributed by atoms with Gasteiger partial charge in [-0.25, -0.2) is 4.98 Å². The summed E-state index contributed by atoms with van der Waals surface area (Å²) in [6.07, 6.45) is -5.40. The molecule has 10 heteroatoms. The Morgan fingerprint density at radius 1 is 1.11 bits per heavy atom. The van der Waals surface area contributed by atoms with E-state index >= 15 is 0 Å². The molecule has 4 heterocycles. The highest BCUT2D eigenvalue weighted by Gasteiger charge is 2.56. The Morgan fingerprint density at radius 3 is 2.59 bits per heavy atom. The number of pyridine rings is 1. The highest BCUT2D eigenvalue weighted by atomic mass is 35.5. The summed E-state index contributed by atoms with van der Waals surface area (Å²) in [6.45, 7) is 7.44. The van der Waals surface area contributed by atoms with E-state index in [0.29, 0.717) is 60.2 Å². The first-order chi connectivity index (χ1) is 17.4. The van der Waals surface area contributed by atoms with Crippen LogP contribution in [0.4, 0.5) is 13.2 Å². The fourth-order valence-corrected chi connectivity index (χ4v) is 5.70. The highest BCUT2D eigenvalue weighted by molar-refractivity contribution is 6.30. The second-order valence-corrected chi connectivity index (χ2v) is 11.2. The predicted molar refractivity (Wildman–Crippen MR) is 135 cm³/mol. The number of hydrogen-bond acceptors (Lipinski definition) is 5. The third kappa shape index (κ3) is 5.46. The molecule has 0 radical (unpaired) electrons. The number of H-pyrrole nitrogens is 1. The first-order valence-electron chi connectivity index (χ1n) is 12.5. The number of alkyl halides is 3. The molecule has 200 valence electrons. The van der Waals surface area contributed by atoms with Gasteiger partial charge in [0.15, 0.2) is 5.60 Å². The van der Waals surface area contributed by atoms with Crippen molar-refractivity contribution in [2.45, 2.75) is 56.8 Å². The number of aromatic nitrogens is 2. The molecular weight excluding hydrogens is 507 g/mol. The summed E-state index contributed by atoms with van der Waals surface area (Å²) in [4.78, 5) is 9.90. The number of aromatic amines is 1. The maximum Gasteiger partial charge on any atom is 0.417 e. The minimum absolute atomic E-state index is 0.272. The zero-order valence-corrected chi connectivity index (χ0v) is 21.7. The van der Waals surface area contributed by atoms with E-state index < -0.39 is 30.0 Å². The van der Waals surface area contributed by atoms with Crippen LogP contribution in [0, 0.1) is 0 Å². The van der Waals surface area contributed by atoms with Crippen LogP contribution in [-0.2, 0) is 29.5 Å². The number of rotatable bonds is 7. The van der Waals surface area contributed by atoms with Gasteiger partial charge in [-0.05, 0) is 47.7 Å². The number of nitrogens with one attached hydrogen (secondary N) is 1. The van der Waals surface area contributed by atoms with Crippen LogP contribution >= 0.6 is 11.6 Å². The molecule has 1 unspecified atom stereocenters. The number of benzene rings is 1. The van der Waals surface area contributed by atoms with E-state index in [1.807, 2.05) is 12.1 Å². The summed E-state index contributed by atoms with van der Waals surface area (Å²) >= 11 is 6.28. The Hall–Kier alpha value is -2.33. The summed E-state index contributed by atoms with van der Waals surface area (Å²) in [5.41, 5.74) is -0.296. The quantitative estimate of drug-likeness (QED) is 0.434. The van der Waals surface area contributed by atoms with Crippen molar-refractivity contribution in [2.24, 2.45) is 0 Å². The molecule has 2 aromatic heterocycles. The van der Waals surface area contributed by atoms with Gasteiger partial charge in [0.2, 0.25) is 0 Å². The summed E-state index contributed by atoms with van der Waals surface area (Å²) in [5.74, 6) is 0.571. The molecule has 2 N–H and O–H groups in total. The summed E-state index contributed by atoms with van der Waals surface area (Å²) < 4.78 is 54.4. The van der Waals surface area contributed by atoms with Crippen LogP contribution in [0.1, 0.15) is 42.8 Å². The maximum absolute atomic E-state index is 14.4. The van der Waals surface area contributed by atoms with Crippen molar-refractivity contribution in [2.75, 3.05) is 32.9 Å². The number of morpholine rings is 1. The van der Waals surface area contributed by atoms with Gasteiger partial charge in [0.05, 0.1) is 36.5 Å². The lowest BCUT2D eigenvalue weighted by Gasteiger charge is -2.38. The van der Waals surface area contributed by atoms with Crippen molar-refractivity contribution >= 4 is 22.6 Å². The van der Waals surface area contributed by atoms with E-state index in [2.05, 4.69) is 14.9 Å². The van der Waals surface area contributed by atoms with Crippen LogP contribution in [0.15, 0.2) is 30.3 Å². The zero-order chi connectivity index (χ0) is 26.4. The predicted octanol–water partition coefficient (Wildman–Crippen LogP) is 5.19. The third-order valence-electron chi connectivity index (χ3n) is 7.30. The second kappa shape index (κ2) is 9.76. The van der Waals surface area contributed by atoms with E-state index in [9.17, 15) is 18.3 Å². The van der Waals surface area contributed by atoms with Gasteiger partial charge in [-0.1, -0.05) is 25.4 Å². The van der Waals surface area contributed by atoms with Crippen LogP contribution in [0.3, 0.4) is 0 Å². The molecule has 0 spiro atoms. The molecule has 1 atom stereocenters. The van der Waals surface area contributed by atoms with Crippen molar-refractivity contribution < 1.29 is 27.8 Å². The average molecular weight is 538 g/mol. The second-order valence-electron chi connectivity index (χ2n) is 10.7. The minimum atomic E-state index is -4.86. The summed E-state index contributed by atoms with van der Waals surface area (Å²) in [5, 5.41) is 11.6. The topological polar surface area (TPSA) is 70.6 Å². The van der Waals surface area contributed by atoms with E-state index in [4.69, 9.17) is 21.1 Å². The first-order valence-corrected chi connectivity index (χ1v) is 12.8. The Bertz CT molecular complexity index is 1290. The van der Waals surface area contributed by atoms with Gasteiger partial charge >= 0.3 is 6.18 Å². The van der Waals surface area contributed by atoms with Gasteiger partial charge in [-0.3, -0.25) is 4.90 Å². The fourth-order valence-electron chi connectivity index (χ4n) is 5.45. The van der Waals surface area contributed by atoms with E-state index in [0.717, 1.165) is 24.3 Å². The standard InChI is InChI=1S/C27H31ClF3N3O3/c1-25(2,21-12-18(28)11-17-5-8-37-24(17)21)16-26(35,27(29,30)31)14-20-13-23-22(33-20)4-3-19(32-23)15-34-6-9-36-10-7-34/h3-4,11-13,33,35H,5-10,14-16H2,1-2H3. The van der Waals surface area contributed by atoms with E-state index in [1.165, 1.54) is 0 Å². The van der Waals surface area contributed by atoms with Crippen molar-refractivity contribution in [3.63, 3.8) is 0 Å². The fraction of sp³-hybridized carbons (Fsp3) is 0.519. The molecule has 3 aromatic rings. The van der Waals surface area contributed by atoms with Crippen molar-refractivity contribution in [1.29, 1.82) is 0 Å². The SMILES string of the molecule is CC(C)(CC(O)(Cc1cc2nc(CN3CCOCC3)ccc2[nH]1)C(F)(F)F)c1cc(Cl)cc2c1OCC2. The van der Waals surface area contributed by atoms with Gasteiger partial charge in [0.1, 0.15) is 5.75 Å². The molecule has 0 aliphatic carbocycles. The normalized spacial score (nSPS) is 18.6. The number of ether oxygens (including phenoxy) is 2. The largest absolute Gasteiger partial charge is 0.493 e. The number of nitrogens with zero attached hydrogens (tertiary/aromatic N) is 2. The molecule has 2 aliphatic heterocycles. The summed E-state index contributed by atoms with van der Waals surface area (Å²) in [6, 6.07) is 8.72. The van der Waals surface area contributed by atoms with Crippen LogP contribution in [-0.4, -0.2) is 64.7 Å². The molecule has 0 bridgehead atoms. The van der Waals surface area contributed by atoms with Crippen LogP contribution < -0.4 is 4.74 Å². The Balaban J connectivity index is 1.41. The maximum atomic E-state index is 14.4. The van der Waals surface area contributed by atoms with Gasteiger partial charge < -0.3 is 19.6 Å². The lowest BCUT2D eigenvalue weighted by Crippen LogP contribution is -2.51. The van der Waals surface area contributed by atoms with Gasteiger partial charge in [0, 0.05) is 48.8 Å². The number of hydrogen-bond donors (Lipinski definition) is 2. The third-order valence-corrected chi connectivity index (χ3v) is 7.52. The van der Waals surface area contributed by atoms with Gasteiger partial charge in [-0.15, -0.1) is 0 Å². The smallest absolute Gasteiger partial charge is 0.417 e. The Morgan fingerprint density at radius 2 is 1.86 bits per heavy atom. The lowest BCUT2D eigenvalue weighted by molar-refractivity contribution is -0.266. The molecule has 1 aromatic carbocycles. The number of halogens is 4. The summed E-state index contributed by atoms with van der Waals surface area (Å²) in [7, 11) is 0. The highest BCUT2D eigenvalue weighted by Crippen LogP contribution is 2.47. The van der Waals surface area contributed by atoms with Crippen LogP contribution in [0.25, 0.3) is 11.0 Å². The molecule has 2 aliphatic rings.